The van der Waals surface area contributed by atoms with E-state index in [4.69, 9.17) is 0 Å². The smallest absolute Gasteiger partial charge is 0.246 e. The molecule has 0 spiro atoms. The minimum atomic E-state index is -1.84. The Morgan fingerprint density at radius 1 is 1.09 bits per heavy atom. The molecule has 3 aliphatic carbocycles. The van der Waals surface area contributed by atoms with E-state index in [9.17, 15) is 9.18 Å². The quantitative estimate of drug-likeness (QED) is 0.854. The second-order valence-corrected chi connectivity index (χ2v) is 6.98. The molecule has 6 rings (SSSR count). The highest BCUT2D eigenvalue weighted by Gasteiger charge is 2.72. The zero-order chi connectivity index (χ0) is 15.2. The zero-order valence-corrected chi connectivity index (χ0v) is 11.9. The van der Waals surface area contributed by atoms with Crippen LogP contribution in [0.25, 0.3) is 0 Å². The Bertz CT molecular complexity index is 821. The maximum Gasteiger partial charge on any atom is 0.349 e. The van der Waals surface area contributed by atoms with E-state index >= 15 is 4.39 Å². The summed E-state index contributed by atoms with van der Waals surface area (Å²) in [6, 6.07) is 8.72. The Morgan fingerprint density at radius 3 is 2.41 bits per heavy atom. The molecule has 4 aliphatic rings. The fourth-order valence-corrected chi connectivity index (χ4v) is 4.43. The number of hydrogen-bond acceptors (Lipinski definition) is 2. The molecule has 1 aromatic heterocycles. The SMILES string of the molecule is O=c1n(C23CC(F)(C2)C3)nc2n1[C@](F)(c1ccccc1)CC2. The molecule has 0 N–H and O–H groups in total. The molecule has 3 saturated carbocycles. The largest absolute Gasteiger partial charge is 0.349 e. The third-order valence-corrected chi connectivity index (χ3v) is 5.48. The van der Waals surface area contributed by atoms with E-state index in [1.807, 2.05) is 6.07 Å². The lowest BCUT2D eigenvalue weighted by Crippen LogP contribution is -2.72. The van der Waals surface area contributed by atoms with Crippen molar-refractivity contribution < 1.29 is 8.78 Å². The molecule has 2 bridgehead atoms. The number of fused-ring (bicyclic) bond motifs is 1. The van der Waals surface area contributed by atoms with Gasteiger partial charge < -0.3 is 0 Å². The maximum atomic E-state index is 15.5. The molecular formula is C16H15F2N3O. The number of aromatic nitrogens is 3. The molecule has 1 atom stereocenters. The van der Waals surface area contributed by atoms with Crippen molar-refractivity contribution in [2.24, 2.45) is 0 Å². The second kappa shape index (κ2) is 3.50. The highest BCUT2D eigenvalue weighted by atomic mass is 19.1. The van der Waals surface area contributed by atoms with Crippen LogP contribution in [0.5, 0.6) is 0 Å². The minimum absolute atomic E-state index is 0.218. The van der Waals surface area contributed by atoms with E-state index < -0.39 is 22.7 Å². The molecule has 3 fully saturated rings. The molecule has 4 nitrogen and oxygen atoms in total. The molecule has 2 heterocycles. The van der Waals surface area contributed by atoms with Gasteiger partial charge in [-0.3, -0.25) is 0 Å². The van der Waals surface area contributed by atoms with Crippen molar-refractivity contribution in [3.8, 4) is 0 Å². The lowest BCUT2D eigenvalue weighted by atomic mass is 9.47. The second-order valence-electron chi connectivity index (χ2n) is 6.98. The summed E-state index contributed by atoms with van der Waals surface area (Å²) in [6.45, 7) is 0. The zero-order valence-electron chi connectivity index (χ0n) is 11.9. The van der Waals surface area contributed by atoms with Gasteiger partial charge in [-0.05, 0) is 0 Å². The van der Waals surface area contributed by atoms with Crippen molar-refractivity contribution >= 4 is 0 Å². The molecule has 0 amide bonds. The average molecular weight is 303 g/mol. The lowest BCUT2D eigenvalue weighted by molar-refractivity contribution is -0.205. The van der Waals surface area contributed by atoms with Crippen molar-refractivity contribution in [3.63, 3.8) is 0 Å². The number of halogens is 2. The Morgan fingerprint density at radius 2 is 1.77 bits per heavy atom. The van der Waals surface area contributed by atoms with E-state index in [1.165, 1.54) is 9.25 Å². The van der Waals surface area contributed by atoms with E-state index in [-0.39, 0.29) is 6.42 Å². The fourth-order valence-electron chi connectivity index (χ4n) is 4.43. The predicted octanol–water partition coefficient (Wildman–Crippen LogP) is 2.26. The van der Waals surface area contributed by atoms with Crippen LogP contribution >= 0.6 is 0 Å². The highest BCUT2D eigenvalue weighted by Crippen LogP contribution is 2.67. The number of nitrogens with zero attached hydrogens (tertiary/aromatic N) is 3. The average Bonchev–Trinajstić information content (AvgIpc) is 2.96. The Labute approximate surface area is 125 Å². The summed E-state index contributed by atoms with van der Waals surface area (Å²) in [6.07, 6.45) is 1.64. The summed E-state index contributed by atoms with van der Waals surface area (Å²) in [5, 5.41) is 4.33. The summed E-state index contributed by atoms with van der Waals surface area (Å²) in [5.74, 6) is -1.38. The number of rotatable bonds is 2. The van der Waals surface area contributed by atoms with Crippen LogP contribution in [-0.4, -0.2) is 20.0 Å². The van der Waals surface area contributed by atoms with Crippen molar-refractivity contribution in [1.82, 2.24) is 14.3 Å². The molecule has 6 heteroatoms. The first-order valence-electron chi connectivity index (χ1n) is 7.61. The van der Waals surface area contributed by atoms with Crippen molar-refractivity contribution in [1.29, 1.82) is 0 Å². The lowest BCUT2D eigenvalue weighted by Gasteiger charge is -2.64. The Balaban J connectivity index is 1.64. The van der Waals surface area contributed by atoms with Crippen molar-refractivity contribution in [2.45, 2.75) is 49.1 Å². The van der Waals surface area contributed by atoms with E-state index in [0.29, 0.717) is 37.1 Å². The first kappa shape index (κ1) is 12.6. The van der Waals surface area contributed by atoms with Crippen LogP contribution in [0.1, 0.15) is 37.1 Å². The summed E-state index contributed by atoms with van der Waals surface area (Å²) in [5.41, 5.74) is -1.59. The summed E-state index contributed by atoms with van der Waals surface area (Å²) < 4.78 is 31.8. The van der Waals surface area contributed by atoms with Gasteiger partial charge >= 0.3 is 5.69 Å². The third kappa shape index (κ3) is 1.27. The van der Waals surface area contributed by atoms with E-state index in [2.05, 4.69) is 5.10 Å². The van der Waals surface area contributed by atoms with Gasteiger partial charge in [0.25, 0.3) is 0 Å². The molecule has 2 aromatic rings. The minimum Gasteiger partial charge on any atom is -0.246 e. The molecule has 114 valence electrons. The van der Waals surface area contributed by atoms with Gasteiger partial charge in [-0.15, -0.1) is 0 Å². The number of benzene rings is 1. The summed E-state index contributed by atoms with van der Waals surface area (Å²) in [4.78, 5) is 12.7. The number of aryl methyl sites for hydroxylation is 1. The van der Waals surface area contributed by atoms with Gasteiger partial charge in [0.05, 0.1) is 5.54 Å². The molecule has 1 aliphatic heterocycles. The highest BCUT2D eigenvalue weighted by molar-refractivity contribution is 5.28. The Hall–Kier alpha value is -1.98. The normalized spacial score (nSPS) is 38.3. The fraction of sp³-hybridized carbons (Fsp3) is 0.500. The van der Waals surface area contributed by atoms with E-state index in [1.54, 1.807) is 24.3 Å². The van der Waals surface area contributed by atoms with Crippen LogP contribution in [0.3, 0.4) is 0 Å². The molecule has 0 radical (unpaired) electrons. The predicted molar refractivity (Wildman–Crippen MR) is 75.1 cm³/mol. The van der Waals surface area contributed by atoms with Crippen LogP contribution in [-0.2, 0) is 17.8 Å². The van der Waals surface area contributed by atoms with Gasteiger partial charge in [0.2, 0.25) is 5.79 Å². The molecule has 22 heavy (non-hydrogen) atoms. The maximum absolute atomic E-state index is 15.5. The first-order valence-corrected chi connectivity index (χ1v) is 7.61. The monoisotopic (exact) mass is 303 g/mol. The topological polar surface area (TPSA) is 39.8 Å². The van der Waals surface area contributed by atoms with Crippen molar-refractivity contribution in [2.75, 3.05) is 0 Å². The molecule has 1 aromatic carbocycles. The summed E-state index contributed by atoms with van der Waals surface area (Å²) >= 11 is 0. The molecule has 0 saturated heterocycles. The van der Waals surface area contributed by atoms with Crippen molar-refractivity contribution in [3.05, 3.63) is 52.2 Å². The van der Waals surface area contributed by atoms with Crippen LogP contribution < -0.4 is 5.69 Å². The standard InChI is InChI=1S/C16H15F2N3O/c17-14-8-15(9-14,10-14)21-13(22)20-12(19-21)6-7-16(20,18)11-4-2-1-3-5-11/h1-5H,6-10H2/t14?,15?,16-/m0/s1. The molecule has 0 unspecified atom stereocenters. The van der Waals surface area contributed by atoms with Crippen LogP contribution in [0.2, 0.25) is 0 Å². The van der Waals surface area contributed by atoms with Crippen LogP contribution in [0.4, 0.5) is 8.78 Å². The first-order chi connectivity index (χ1) is 10.5. The van der Waals surface area contributed by atoms with Gasteiger partial charge in [-0.2, -0.15) is 5.10 Å². The number of alkyl halides is 2. The van der Waals surface area contributed by atoms with Gasteiger partial charge in [0, 0.05) is 37.7 Å². The van der Waals surface area contributed by atoms with Crippen LogP contribution in [0.15, 0.2) is 35.1 Å². The van der Waals surface area contributed by atoms with Gasteiger partial charge in [0.1, 0.15) is 11.5 Å². The number of hydrogen-bond donors (Lipinski definition) is 0. The van der Waals surface area contributed by atoms with Gasteiger partial charge in [-0.25, -0.2) is 22.8 Å². The molecular weight excluding hydrogens is 288 g/mol. The third-order valence-electron chi connectivity index (χ3n) is 5.48. The van der Waals surface area contributed by atoms with Crippen LogP contribution in [0, 0.1) is 0 Å². The summed E-state index contributed by atoms with van der Waals surface area (Å²) in [7, 11) is 0. The van der Waals surface area contributed by atoms with E-state index in [0.717, 1.165) is 0 Å². The Kier molecular flexibility index (Phi) is 2.00. The van der Waals surface area contributed by atoms with Gasteiger partial charge in [-0.1, -0.05) is 30.3 Å². The van der Waals surface area contributed by atoms with Gasteiger partial charge in [0.15, 0.2) is 0 Å².